The van der Waals surface area contributed by atoms with Crippen LogP contribution in [0.25, 0.3) is 5.76 Å². The van der Waals surface area contributed by atoms with Crippen molar-refractivity contribution in [2.24, 2.45) is 0 Å². The number of aryl methyl sites for hydroxylation is 1. The minimum atomic E-state index is 0.918. The van der Waals surface area contributed by atoms with Gasteiger partial charge in [-0.15, -0.1) is 0 Å². The van der Waals surface area contributed by atoms with Crippen LogP contribution in [0.15, 0.2) is 24.3 Å². The maximum absolute atomic E-state index is 5.31. The summed E-state index contributed by atoms with van der Waals surface area (Å²) >= 11 is 0. The third kappa shape index (κ3) is 1.48. The van der Waals surface area contributed by atoms with Crippen LogP contribution in [0, 0.1) is 0 Å². The largest absolute Gasteiger partial charge is 0.497 e. The summed E-state index contributed by atoms with van der Waals surface area (Å²) in [6.07, 6.45) is 4.25. The van der Waals surface area contributed by atoms with Gasteiger partial charge in [0.25, 0.3) is 0 Å². The van der Waals surface area contributed by atoms with E-state index in [0.717, 1.165) is 24.4 Å². The zero-order chi connectivity index (χ0) is 9.97. The van der Waals surface area contributed by atoms with Crippen LogP contribution in [0.1, 0.15) is 17.5 Å². The molecule has 1 aliphatic carbocycles. The number of rotatable bonds is 2. The maximum Gasteiger partial charge on any atom is 0.122 e. The Morgan fingerprint density at radius 3 is 2.71 bits per heavy atom. The van der Waals surface area contributed by atoms with E-state index >= 15 is 0 Å². The van der Waals surface area contributed by atoms with Gasteiger partial charge in [0.1, 0.15) is 11.5 Å². The summed E-state index contributed by atoms with van der Waals surface area (Å²) in [4.78, 5) is 0. The first kappa shape index (κ1) is 9.13. The van der Waals surface area contributed by atoms with E-state index in [9.17, 15) is 0 Å². The lowest BCUT2D eigenvalue weighted by molar-refractivity contribution is 0.366. The van der Waals surface area contributed by atoms with Gasteiger partial charge in [0, 0.05) is 5.56 Å². The summed E-state index contributed by atoms with van der Waals surface area (Å²) in [5.74, 6) is 1.90. The van der Waals surface area contributed by atoms with Crippen molar-refractivity contribution in [3.8, 4) is 5.75 Å². The van der Waals surface area contributed by atoms with E-state index in [4.69, 9.17) is 9.47 Å². The molecule has 0 amide bonds. The van der Waals surface area contributed by atoms with E-state index in [1.165, 1.54) is 11.1 Å². The molecule has 0 N–H and O–H groups in total. The third-order valence-corrected chi connectivity index (χ3v) is 2.54. The Morgan fingerprint density at radius 2 is 2.00 bits per heavy atom. The van der Waals surface area contributed by atoms with Gasteiger partial charge in [-0.2, -0.15) is 0 Å². The normalized spacial score (nSPS) is 14.3. The van der Waals surface area contributed by atoms with Crippen molar-refractivity contribution in [2.45, 2.75) is 12.8 Å². The van der Waals surface area contributed by atoms with Gasteiger partial charge in [0.2, 0.25) is 0 Å². The van der Waals surface area contributed by atoms with Crippen LogP contribution >= 0.6 is 0 Å². The molecule has 0 saturated heterocycles. The van der Waals surface area contributed by atoms with E-state index in [1.54, 1.807) is 14.2 Å². The average molecular weight is 190 g/mol. The van der Waals surface area contributed by atoms with Crippen molar-refractivity contribution in [1.29, 1.82) is 0 Å². The number of ether oxygens (including phenoxy) is 2. The first-order chi connectivity index (χ1) is 6.85. The zero-order valence-corrected chi connectivity index (χ0v) is 8.54. The van der Waals surface area contributed by atoms with E-state index in [-0.39, 0.29) is 0 Å². The topological polar surface area (TPSA) is 18.5 Å². The molecule has 0 unspecified atom stereocenters. The highest BCUT2D eigenvalue weighted by molar-refractivity contribution is 5.66. The van der Waals surface area contributed by atoms with Crippen LogP contribution in [-0.2, 0) is 11.2 Å². The van der Waals surface area contributed by atoms with Gasteiger partial charge in [0.15, 0.2) is 0 Å². The van der Waals surface area contributed by atoms with Crippen LogP contribution in [0.2, 0.25) is 0 Å². The van der Waals surface area contributed by atoms with Gasteiger partial charge < -0.3 is 9.47 Å². The number of benzene rings is 1. The van der Waals surface area contributed by atoms with Crippen molar-refractivity contribution >= 4 is 5.76 Å². The molecule has 2 rings (SSSR count). The minimum absolute atomic E-state index is 0.918. The van der Waals surface area contributed by atoms with E-state index in [2.05, 4.69) is 18.2 Å². The molecular weight excluding hydrogens is 176 g/mol. The highest BCUT2D eigenvalue weighted by Crippen LogP contribution is 2.29. The molecule has 0 aliphatic heterocycles. The lowest BCUT2D eigenvalue weighted by atomic mass is 9.96. The van der Waals surface area contributed by atoms with Crippen LogP contribution < -0.4 is 4.74 Å². The maximum atomic E-state index is 5.31. The van der Waals surface area contributed by atoms with Crippen molar-refractivity contribution in [3.63, 3.8) is 0 Å². The molecule has 0 spiro atoms. The van der Waals surface area contributed by atoms with Gasteiger partial charge in [-0.1, -0.05) is 0 Å². The van der Waals surface area contributed by atoms with Gasteiger partial charge in [0.05, 0.1) is 14.2 Å². The third-order valence-electron chi connectivity index (χ3n) is 2.54. The molecule has 1 aromatic rings. The SMILES string of the molecule is COC1=CCCc2cc(OC)ccc21. The van der Waals surface area contributed by atoms with Gasteiger partial charge in [-0.25, -0.2) is 0 Å². The molecule has 14 heavy (non-hydrogen) atoms. The Morgan fingerprint density at radius 1 is 1.14 bits per heavy atom. The molecule has 0 aromatic heterocycles. The van der Waals surface area contributed by atoms with Gasteiger partial charge in [-0.05, 0) is 42.7 Å². The fourth-order valence-electron chi connectivity index (χ4n) is 1.81. The van der Waals surface area contributed by atoms with Crippen molar-refractivity contribution in [2.75, 3.05) is 14.2 Å². The van der Waals surface area contributed by atoms with Crippen molar-refractivity contribution < 1.29 is 9.47 Å². The van der Waals surface area contributed by atoms with Crippen LogP contribution in [0.3, 0.4) is 0 Å². The molecule has 1 aliphatic rings. The Kier molecular flexibility index (Phi) is 2.44. The summed E-state index contributed by atoms with van der Waals surface area (Å²) in [7, 11) is 3.41. The molecule has 0 radical (unpaired) electrons. The van der Waals surface area contributed by atoms with Crippen molar-refractivity contribution in [1.82, 2.24) is 0 Å². The molecule has 0 atom stereocenters. The zero-order valence-electron chi connectivity index (χ0n) is 8.54. The quantitative estimate of drug-likeness (QED) is 0.713. The molecule has 0 saturated carbocycles. The lowest BCUT2D eigenvalue weighted by Gasteiger charge is -2.17. The Labute approximate surface area is 84.2 Å². The lowest BCUT2D eigenvalue weighted by Crippen LogP contribution is -2.01. The number of hydrogen-bond acceptors (Lipinski definition) is 2. The number of fused-ring (bicyclic) bond motifs is 1. The molecule has 2 heteroatoms. The van der Waals surface area contributed by atoms with Crippen LogP contribution in [0.4, 0.5) is 0 Å². The minimum Gasteiger partial charge on any atom is -0.497 e. The first-order valence-electron chi connectivity index (χ1n) is 4.76. The molecule has 0 heterocycles. The second-order valence-electron chi connectivity index (χ2n) is 3.33. The highest BCUT2D eigenvalue weighted by Gasteiger charge is 2.13. The second kappa shape index (κ2) is 3.74. The fraction of sp³-hybridized carbons (Fsp3) is 0.333. The van der Waals surface area contributed by atoms with E-state index in [0.29, 0.717) is 0 Å². The monoisotopic (exact) mass is 190 g/mol. The van der Waals surface area contributed by atoms with Gasteiger partial charge >= 0.3 is 0 Å². The Bertz CT molecular complexity index is 367. The summed E-state index contributed by atoms with van der Waals surface area (Å²) < 4.78 is 10.5. The summed E-state index contributed by atoms with van der Waals surface area (Å²) in [6, 6.07) is 6.11. The predicted molar refractivity (Wildman–Crippen MR) is 56.3 cm³/mol. The molecule has 1 aromatic carbocycles. The van der Waals surface area contributed by atoms with Gasteiger partial charge in [-0.3, -0.25) is 0 Å². The number of allylic oxidation sites excluding steroid dienone is 1. The van der Waals surface area contributed by atoms with E-state index < -0.39 is 0 Å². The summed E-state index contributed by atoms with van der Waals surface area (Å²) in [5.41, 5.74) is 2.50. The average Bonchev–Trinajstić information content (AvgIpc) is 2.27. The fourth-order valence-corrected chi connectivity index (χ4v) is 1.81. The predicted octanol–water partition coefficient (Wildman–Crippen LogP) is 2.63. The summed E-state index contributed by atoms with van der Waals surface area (Å²) in [5, 5.41) is 0. The standard InChI is InChI=1S/C12H14O2/c1-13-10-6-7-11-9(8-10)4-3-5-12(11)14-2/h5-8H,3-4H2,1-2H3. The molecule has 0 bridgehead atoms. The first-order valence-corrected chi connectivity index (χ1v) is 4.76. The number of hydrogen-bond donors (Lipinski definition) is 0. The molecule has 74 valence electrons. The highest BCUT2D eigenvalue weighted by atomic mass is 16.5. The number of methoxy groups -OCH3 is 2. The molecule has 0 fully saturated rings. The molecule has 2 nitrogen and oxygen atoms in total. The van der Waals surface area contributed by atoms with Crippen molar-refractivity contribution in [3.05, 3.63) is 35.4 Å². The Hall–Kier alpha value is -1.44. The Balaban J connectivity index is 2.43. The molecular formula is C12H14O2. The van der Waals surface area contributed by atoms with Crippen LogP contribution in [-0.4, -0.2) is 14.2 Å². The summed E-state index contributed by atoms with van der Waals surface area (Å²) in [6.45, 7) is 0. The smallest absolute Gasteiger partial charge is 0.122 e. The van der Waals surface area contributed by atoms with Crippen LogP contribution in [0.5, 0.6) is 5.75 Å². The van der Waals surface area contributed by atoms with E-state index in [1.807, 2.05) is 6.07 Å². The second-order valence-corrected chi connectivity index (χ2v) is 3.33.